The maximum absolute atomic E-state index is 7.94. The molecule has 0 saturated carbocycles. The van der Waals surface area contributed by atoms with Gasteiger partial charge in [0.2, 0.25) is 0 Å². The minimum atomic E-state index is -0.0483. The lowest BCUT2D eigenvalue weighted by molar-refractivity contribution is 1.40. The highest BCUT2D eigenvalue weighted by Crippen LogP contribution is 2.33. The number of rotatable bonds is 3. The van der Waals surface area contributed by atoms with Crippen molar-refractivity contribution in [2.24, 2.45) is 11.5 Å². The highest BCUT2D eigenvalue weighted by molar-refractivity contribution is 6.17. The molecule has 3 rings (SSSR count). The number of amidine groups is 2. The Hall–Kier alpha value is -3.08. The van der Waals surface area contributed by atoms with Gasteiger partial charge in [-0.25, -0.2) is 0 Å². The molecule has 0 aliphatic rings. The first-order valence-corrected chi connectivity index (χ1v) is 6.48. The van der Waals surface area contributed by atoms with Crippen molar-refractivity contribution in [2.45, 2.75) is 0 Å². The molecule has 0 unspecified atom stereocenters. The van der Waals surface area contributed by atoms with Gasteiger partial charge in [-0.3, -0.25) is 10.8 Å². The summed E-state index contributed by atoms with van der Waals surface area (Å²) >= 11 is 0. The van der Waals surface area contributed by atoms with Gasteiger partial charge >= 0.3 is 0 Å². The zero-order valence-corrected chi connectivity index (χ0v) is 11.3. The molecular formula is C16H15N5. The fraction of sp³-hybridized carbons (Fsp3) is 0. The molecule has 0 saturated heterocycles. The number of aromatic nitrogens is 1. The predicted molar refractivity (Wildman–Crippen MR) is 85.8 cm³/mol. The average Bonchev–Trinajstić information content (AvgIpc) is 2.93. The van der Waals surface area contributed by atoms with Crippen molar-refractivity contribution in [3.8, 4) is 11.1 Å². The molecule has 0 fully saturated rings. The summed E-state index contributed by atoms with van der Waals surface area (Å²) in [6, 6.07) is 13.3. The van der Waals surface area contributed by atoms with Gasteiger partial charge in [0.05, 0.1) is 0 Å². The van der Waals surface area contributed by atoms with Gasteiger partial charge in [-0.05, 0) is 17.7 Å². The number of benzene rings is 2. The van der Waals surface area contributed by atoms with E-state index in [0.29, 0.717) is 11.1 Å². The van der Waals surface area contributed by atoms with Crippen LogP contribution in [0.15, 0.2) is 48.7 Å². The van der Waals surface area contributed by atoms with Gasteiger partial charge in [-0.15, -0.1) is 0 Å². The van der Waals surface area contributed by atoms with E-state index in [1.807, 2.05) is 42.5 Å². The zero-order chi connectivity index (χ0) is 15.0. The van der Waals surface area contributed by atoms with Gasteiger partial charge < -0.3 is 16.5 Å². The van der Waals surface area contributed by atoms with E-state index in [4.69, 9.17) is 22.3 Å². The Kier molecular flexibility index (Phi) is 2.95. The topological polar surface area (TPSA) is 116 Å². The highest BCUT2D eigenvalue weighted by Gasteiger charge is 2.19. The van der Waals surface area contributed by atoms with E-state index in [9.17, 15) is 0 Å². The molecule has 0 aliphatic carbocycles. The maximum atomic E-state index is 7.94. The lowest BCUT2D eigenvalue weighted by Crippen LogP contribution is -2.18. The molecule has 0 atom stereocenters. The van der Waals surface area contributed by atoms with Crippen molar-refractivity contribution < 1.29 is 0 Å². The van der Waals surface area contributed by atoms with Crippen LogP contribution >= 0.6 is 0 Å². The van der Waals surface area contributed by atoms with E-state index in [-0.39, 0.29) is 11.7 Å². The number of hydrogen-bond donors (Lipinski definition) is 5. The van der Waals surface area contributed by atoms with E-state index in [1.165, 1.54) is 0 Å². The molecule has 104 valence electrons. The van der Waals surface area contributed by atoms with E-state index in [2.05, 4.69) is 4.98 Å². The van der Waals surface area contributed by atoms with Crippen LogP contribution in [0.1, 0.15) is 11.1 Å². The van der Waals surface area contributed by atoms with Crippen LogP contribution in [0.25, 0.3) is 22.0 Å². The summed E-state index contributed by atoms with van der Waals surface area (Å²) in [6.07, 6.45) is 1.79. The quantitative estimate of drug-likeness (QED) is 0.373. The molecule has 2 aromatic carbocycles. The number of H-pyrrole nitrogens is 1. The third-order valence-electron chi connectivity index (χ3n) is 3.48. The van der Waals surface area contributed by atoms with E-state index < -0.39 is 0 Å². The van der Waals surface area contributed by atoms with Crippen LogP contribution in [0.2, 0.25) is 0 Å². The SMILES string of the molecule is N=C(N)c1cc2[nH]ccc2c(C(=N)N)c1-c1ccccc1. The number of hydrogen-bond acceptors (Lipinski definition) is 2. The zero-order valence-electron chi connectivity index (χ0n) is 11.3. The Morgan fingerprint density at radius 3 is 2.29 bits per heavy atom. The maximum Gasteiger partial charge on any atom is 0.124 e. The van der Waals surface area contributed by atoms with Crippen molar-refractivity contribution in [2.75, 3.05) is 0 Å². The predicted octanol–water partition coefficient (Wildman–Crippen LogP) is 2.40. The molecule has 1 aromatic heterocycles. The molecule has 5 nitrogen and oxygen atoms in total. The van der Waals surface area contributed by atoms with Gasteiger partial charge in [0, 0.05) is 33.8 Å². The standard InChI is InChI=1S/C16H15N5/c17-15(18)11-8-12-10(6-7-21-12)14(16(19)20)13(11)9-4-2-1-3-5-9/h1-8,21H,(H3,17,18)(H3,19,20). The molecule has 3 aromatic rings. The second-order valence-corrected chi connectivity index (χ2v) is 4.81. The smallest absolute Gasteiger partial charge is 0.124 e. The number of fused-ring (bicyclic) bond motifs is 1. The van der Waals surface area contributed by atoms with Crippen molar-refractivity contribution in [1.29, 1.82) is 10.8 Å². The first kappa shape index (κ1) is 12.9. The van der Waals surface area contributed by atoms with Gasteiger partial charge in [0.1, 0.15) is 11.7 Å². The van der Waals surface area contributed by atoms with Crippen LogP contribution in [0, 0.1) is 10.8 Å². The van der Waals surface area contributed by atoms with E-state index in [1.54, 1.807) is 6.20 Å². The molecule has 1 heterocycles. The molecule has 21 heavy (non-hydrogen) atoms. The second kappa shape index (κ2) is 4.79. The van der Waals surface area contributed by atoms with Crippen LogP contribution < -0.4 is 11.5 Å². The molecular weight excluding hydrogens is 262 g/mol. The normalized spacial score (nSPS) is 10.7. The Bertz CT molecular complexity index is 846. The van der Waals surface area contributed by atoms with Gasteiger partial charge in [0.15, 0.2) is 0 Å². The van der Waals surface area contributed by atoms with E-state index >= 15 is 0 Å². The highest BCUT2D eigenvalue weighted by atomic mass is 14.7. The molecule has 0 amide bonds. The summed E-state index contributed by atoms with van der Waals surface area (Å²) in [7, 11) is 0. The fourth-order valence-corrected chi connectivity index (χ4v) is 2.60. The number of nitrogen functional groups attached to an aromatic ring is 2. The summed E-state index contributed by atoms with van der Waals surface area (Å²) in [5.41, 5.74) is 15.1. The third kappa shape index (κ3) is 2.04. The summed E-state index contributed by atoms with van der Waals surface area (Å²) in [5, 5.41) is 16.6. The van der Waals surface area contributed by atoms with Crippen molar-refractivity contribution in [3.05, 3.63) is 59.8 Å². The lowest BCUT2D eigenvalue weighted by Gasteiger charge is -2.15. The minimum Gasteiger partial charge on any atom is -0.384 e. The van der Waals surface area contributed by atoms with Crippen LogP contribution in [-0.4, -0.2) is 16.7 Å². The average molecular weight is 277 g/mol. The fourth-order valence-electron chi connectivity index (χ4n) is 2.60. The third-order valence-corrected chi connectivity index (χ3v) is 3.48. The number of nitrogens with two attached hydrogens (primary N) is 2. The molecule has 0 aliphatic heterocycles. The van der Waals surface area contributed by atoms with Crippen LogP contribution in [0.4, 0.5) is 0 Å². The molecule has 0 spiro atoms. The number of aromatic amines is 1. The second-order valence-electron chi connectivity index (χ2n) is 4.81. The van der Waals surface area contributed by atoms with Gasteiger partial charge in [0.25, 0.3) is 0 Å². The van der Waals surface area contributed by atoms with Crippen molar-refractivity contribution in [3.63, 3.8) is 0 Å². The Morgan fingerprint density at radius 2 is 1.67 bits per heavy atom. The molecule has 7 N–H and O–H groups in total. The minimum absolute atomic E-state index is 0.0402. The summed E-state index contributed by atoms with van der Waals surface area (Å²) in [4.78, 5) is 3.08. The largest absolute Gasteiger partial charge is 0.384 e. The molecule has 0 radical (unpaired) electrons. The Morgan fingerprint density at radius 1 is 0.952 bits per heavy atom. The monoisotopic (exact) mass is 277 g/mol. The lowest BCUT2D eigenvalue weighted by atomic mass is 9.90. The first-order valence-electron chi connectivity index (χ1n) is 6.48. The Balaban J connectivity index is 2.49. The summed E-state index contributed by atoms with van der Waals surface area (Å²) in [6.45, 7) is 0. The van der Waals surface area contributed by atoms with Crippen LogP contribution in [-0.2, 0) is 0 Å². The van der Waals surface area contributed by atoms with Crippen LogP contribution in [0.3, 0.4) is 0 Å². The first-order chi connectivity index (χ1) is 10.1. The summed E-state index contributed by atoms with van der Waals surface area (Å²) in [5.74, 6) is -0.0885. The summed E-state index contributed by atoms with van der Waals surface area (Å²) < 4.78 is 0. The number of nitrogens with one attached hydrogen (secondary N) is 3. The molecule has 5 heteroatoms. The van der Waals surface area contributed by atoms with Crippen LogP contribution in [0.5, 0.6) is 0 Å². The van der Waals surface area contributed by atoms with Gasteiger partial charge in [-0.2, -0.15) is 0 Å². The van der Waals surface area contributed by atoms with E-state index in [0.717, 1.165) is 22.0 Å². The van der Waals surface area contributed by atoms with Crippen molar-refractivity contribution >= 4 is 22.6 Å². The Labute approximate surface area is 121 Å². The van der Waals surface area contributed by atoms with Gasteiger partial charge in [-0.1, -0.05) is 30.3 Å². The van der Waals surface area contributed by atoms with Crippen molar-refractivity contribution in [1.82, 2.24) is 4.98 Å². The molecule has 0 bridgehead atoms.